The normalized spacial score (nSPS) is 17.0. The number of hydrogen-bond donors (Lipinski definition) is 1. The average molecular weight is 323 g/mol. The fraction of sp³-hybridized carbons (Fsp3) is 0.250. The standard InChI is InChI=1S/C20H21NO3/c1-23-18-10-9-16(17-13-20(22)21-14-17)12-19(18)24-11-5-8-15-6-3-2-4-7-15/h2-10,12,17H,11,13-14H2,1H3,(H,21,22). The molecule has 0 spiro atoms. The number of nitrogens with one attached hydrogen (secondary N) is 1. The van der Waals surface area contributed by atoms with Gasteiger partial charge >= 0.3 is 0 Å². The Morgan fingerprint density at radius 2 is 2.00 bits per heavy atom. The Morgan fingerprint density at radius 1 is 1.17 bits per heavy atom. The van der Waals surface area contributed by atoms with Crippen LogP contribution >= 0.6 is 0 Å². The Balaban J connectivity index is 1.67. The Hall–Kier alpha value is -2.75. The summed E-state index contributed by atoms with van der Waals surface area (Å²) in [5.74, 6) is 1.70. The van der Waals surface area contributed by atoms with E-state index < -0.39 is 0 Å². The monoisotopic (exact) mass is 323 g/mol. The topological polar surface area (TPSA) is 47.6 Å². The van der Waals surface area contributed by atoms with E-state index in [1.165, 1.54) is 0 Å². The molecule has 1 unspecified atom stereocenters. The van der Waals surface area contributed by atoms with E-state index in [0.29, 0.717) is 31.1 Å². The number of carbonyl (C=O) groups is 1. The number of methoxy groups -OCH3 is 1. The Labute approximate surface area is 142 Å². The molecule has 2 aromatic carbocycles. The van der Waals surface area contributed by atoms with Crippen LogP contribution in [0.25, 0.3) is 6.08 Å². The van der Waals surface area contributed by atoms with Gasteiger partial charge in [-0.2, -0.15) is 0 Å². The van der Waals surface area contributed by atoms with Crippen molar-refractivity contribution < 1.29 is 14.3 Å². The molecule has 1 saturated heterocycles. The summed E-state index contributed by atoms with van der Waals surface area (Å²) in [6.07, 6.45) is 4.53. The highest BCUT2D eigenvalue weighted by molar-refractivity contribution is 5.79. The van der Waals surface area contributed by atoms with Gasteiger partial charge in [0.15, 0.2) is 11.5 Å². The lowest BCUT2D eigenvalue weighted by Gasteiger charge is -2.13. The Bertz CT molecular complexity index is 725. The Morgan fingerprint density at radius 3 is 2.71 bits per heavy atom. The summed E-state index contributed by atoms with van der Waals surface area (Å²) >= 11 is 0. The van der Waals surface area contributed by atoms with Crippen molar-refractivity contribution in [3.63, 3.8) is 0 Å². The second-order valence-corrected chi connectivity index (χ2v) is 5.74. The summed E-state index contributed by atoms with van der Waals surface area (Å²) in [7, 11) is 1.63. The summed E-state index contributed by atoms with van der Waals surface area (Å²) in [4.78, 5) is 11.4. The molecule has 1 heterocycles. The van der Waals surface area contributed by atoms with Crippen molar-refractivity contribution in [3.05, 3.63) is 65.7 Å². The minimum atomic E-state index is 0.101. The maximum atomic E-state index is 11.4. The summed E-state index contributed by atoms with van der Waals surface area (Å²) in [5.41, 5.74) is 2.23. The van der Waals surface area contributed by atoms with E-state index in [9.17, 15) is 4.79 Å². The fourth-order valence-corrected chi connectivity index (χ4v) is 2.79. The summed E-state index contributed by atoms with van der Waals surface area (Å²) in [5, 5.41) is 2.86. The van der Waals surface area contributed by atoms with Crippen molar-refractivity contribution in [1.29, 1.82) is 0 Å². The molecule has 0 saturated carbocycles. The zero-order chi connectivity index (χ0) is 16.8. The average Bonchev–Trinajstić information content (AvgIpc) is 3.06. The van der Waals surface area contributed by atoms with Crippen LogP contribution in [-0.4, -0.2) is 26.2 Å². The van der Waals surface area contributed by atoms with Crippen LogP contribution in [0.1, 0.15) is 23.5 Å². The van der Waals surface area contributed by atoms with E-state index >= 15 is 0 Å². The molecule has 1 atom stereocenters. The molecule has 0 aromatic heterocycles. The number of amides is 1. The van der Waals surface area contributed by atoms with Crippen molar-refractivity contribution in [2.45, 2.75) is 12.3 Å². The first-order valence-corrected chi connectivity index (χ1v) is 8.05. The van der Waals surface area contributed by atoms with Gasteiger partial charge in [0.25, 0.3) is 0 Å². The third-order valence-electron chi connectivity index (χ3n) is 4.08. The predicted octanol–water partition coefficient (Wildman–Crippen LogP) is 3.39. The van der Waals surface area contributed by atoms with Gasteiger partial charge in [0.1, 0.15) is 6.61 Å². The molecule has 1 N–H and O–H groups in total. The maximum Gasteiger partial charge on any atom is 0.220 e. The van der Waals surface area contributed by atoms with Crippen LogP contribution in [0, 0.1) is 0 Å². The lowest BCUT2D eigenvalue weighted by atomic mass is 9.98. The van der Waals surface area contributed by atoms with Crippen molar-refractivity contribution in [1.82, 2.24) is 5.32 Å². The van der Waals surface area contributed by atoms with E-state index in [4.69, 9.17) is 9.47 Å². The smallest absolute Gasteiger partial charge is 0.220 e. The molecule has 1 fully saturated rings. The number of ether oxygens (including phenoxy) is 2. The fourth-order valence-electron chi connectivity index (χ4n) is 2.79. The highest BCUT2D eigenvalue weighted by Gasteiger charge is 2.23. The second-order valence-electron chi connectivity index (χ2n) is 5.74. The highest BCUT2D eigenvalue weighted by atomic mass is 16.5. The van der Waals surface area contributed by atoms with Crippen LogP contribution in [0.5, 0.6) is 11.5 Å². The number of benzene rings is 2. The molecule has 24 heavy (non-hydrogen) atoms. The SMILES string of the molecule is COc1ccc(C2CNC(=O)C2)cc1OCC=Cc1ccccc1. The molecule has 0 bridgehead atoms. The molecule has 4 nitrogen and oxygen atoms in total. The molecule has 4 heteroatoms. The van der Waals surface area contributed by atoms with Gasteiger partial charge in [-0.25, -0.2) is 0 Å². The maximum absolute atomic E-state index is 11.4. The lowest BCUT2D eigenvalue weighted by Crippen LogP contribution is -2.13. The third-order valence-corrected chi connectivity index (χ3v) is 4.08. The van der Waals surface area contributed by atoms with Crippen molar-refractivity contribution in [3.8, 4) is 11.5 Å². The van der Waals surface area contributed by atoms with Gasteiger partial charge in [0.05, 0.1) is 7.11 Å². The highest BCUT2D eigenvalue weighted by Crippen LogP contribution is 2.33. The van der Waals surface area contributed by atoms with Gasteiger partial charge in [-0.05, 0) is 29.3 Å². The van der Waals surface area contributed by atoms with Gasteiger partial charge in [0, 0.05) is 18.9 Å². The molecule has 3 rings (SSSR count). The van der Waals surface area contributed by atoms with Crippen LogP contribution in [0.2, 0.25) is 0 Å². The second kappa shape index (κ2) is 7.68. The van der Waals surface area contributed by atoms with Gasteiger partial charge in [-0.15, -0.1) is 0 Å². The number of rotatable bonds is 6. The number of hydrogen-bond acceptors (Lipinski definition) is 3. The molecule has 2 aromatic rings. The molecule has 124 valence electrons. The van der Waals surface area contributed by atoms with Crippen LogP contribution in [0.15, 0.2) is 54.6 Å². The van der Waals surface area contributed by atoms with Crippen LogP contribution in [-0.2, 0) is 4.79 Å². The zero-order valence-corrected chi connectivity index (χ0v) is 13.7. The molecule has 0 aliphatic carbocycles. The summed E-state index contributed by atoms with van der Waals surface area (Å²) < 4.78 is 11.2. The molecule has 1 amide bonds. The molecular weight excluding hydrogens is 302 g/mol. The van der Waals surface area contributed by atoms with E-state index in [2.05, 4.69) is 5.32 Å². The van der Waals surface area contributed by atoms with Gasteiger partial charge < -0.3 is 14.8 Å². The van der Waals surface area contributed by atoms with Gasteiger partial charge in [-0.3, -0.25) is 4.79 Å². The summed E-state index contributed by atoms with van der Waals surface area (Å²) in [6.45, 7) is 1.13. The van der Waals surface area contributed by atoms with Crippen molar-refractivity contribution in [2.75, 3.05) is 20.3 Å². The largest absolute Gasteiger partial charge is 0.493 e. The first-order valence-electron chi connectivity index (χ1n) is 8.05. The minimum absolute atomic E-state index is 0.101. The molecule has 0 radical (unpaired) electrons. The lowest BCUT2D eigenvalue weighted by molar-refractivity contribution is -0.119. The first kappa shape index (κ1) is 16.1. The summed E-state index contributed by atoms with van der Waals surface area (Å²) in [6, 6.07) is 16.0. The van der Waals surface area contributed by atoms with E-state index in [0.717, 1.165) is 11.1 Å². The minimum Gasteiger partial charge on any atom is -0.493 e. The zero-order valence-electron chi connectivity index (χ0n) is 13.7. The molecular formula is C20H21NO3. The predicted molar refractivity (Wildman–Crippen MR) is 94.3 cm³/mol. The quantitative estimate of drug-likeness (QED) is 0.886. The molecule has 1 aliphatic heterocycles. The van der Waals surface area contributed by atoms with Crippen molar-refractivity contribution >= 4 is 12.0 Å². The third kappa shape index (κ3) is 3.96. The van der Waals surface area contributed by atoms with Crippen LogP contribution in [0.4, 0.5) is 0 Å². The van der Waals surface area contributed by atoms with E-state index in [1.54, 1.807) is 7.11 Å². The molecule has 1 aliphatic rings. The Kier molecular flexibility index (Phi) is 5.16. The van der Waals surface area contributed by atoms with E-state index in [1.807, 2.05) is 60.7 Å². The first-order chi connectivity index (χ1) is 11.8. The van der Waals surface area contributed by atoms with E-state index in [-0.39, 0.29) is 11.8 Å². The van der Waals surface area contributed by atoms with Crippen LogP contribution in [0.3, 0.4) is 0 Å². The van der Waals surface area contributed by atoms with Gasteiger partial charge in [0.2, 0.25) is 5.91 Å². The van der Waals surface area contributed by atoms with Crippen molar-refractivity contribution in [2.24, 2.45) is 0 Å². The number of carbonyl (C=O) groups excluding carboxylic acids is 1. The van der Waals surface area contributed by atoms with Gasteiger partial charge in [-0.1, -0.05) is 42.5 Å². The van der Waals surface area contributed by atoms with Crippen LogP contribution < -0.4 is 14.8 Å².